The number of nitrogens with one attached hydrogen (secondary N) is 1. The summed E-state index contributed by atoms with van der Waals surface area (Å²) in [4.78, 5) is 29.9. The van der Waals surface area contributed by atoms with E-state index >= 15 is 0 Å². The van der Waals surface area contributed by atoms with Crippen LogP contribution >= 0.6 is 0 Å². The molecule has 0 bridgehead atoms. The molecule has 1 aliphatic heterocycles. The van der Waals surface area contributed by atoms with Crippen LogP contribution in [0.3, 0.4) is 0 Å². The van der Waals surface area contributed by atoms with Crippen LogP contribution in [0.1, 0.15) is 24.8 Å². The maximum Gasteiger partial charge on any atom is 0.247 e. The lowest BCUT2D eigenvalue weighted by molar-refractivity contribution is -0.142. The monoisotopic (exact) mass is 553 g/mol. The number of carbonyl (C=O) groups excluding carboxylic acids is 2. The van der Waals surface area contributed by atoms with E-state index in [0.29, 0.717) is 29.1 Å². The van der Waals surface area contributed by atoms with Crippen molar-refractivity contribution in [2.24, 2.45) is 5.92 Å². The fourth-order valence-corrected chi connectivity index (χ4v) is 5.43. The Morgan fingerprint density at radius 1 is 1.07 bits per heavy atom. The minimum Gasteiger partial charge on any atom is -0.497 e. The molecule has 41 heavy (non-hydrogen) atoms. The van der Waals surface area contributed by atoms with Gasteiger partial charge in [0.05, 0.1) is 12.6 Å². The summed E-state index contributed by atoms with van der Waals surface area (Å²) < 4.78 is 17.8. The molecule has 1 aromatic heterocycles. The van der Waals surface area contributed by atoms with Crippen LogP contribution in [-0.4, -0.2) is 51.7 Å². The number of hydrogen-bond donors (Lipinski definition) is 1. The van der Waals surface area contributed by atoms with Gasteiger partial charge in [0.1, 0.15) is 23.9 Å². The molecule has 2 heterocycles. The van der Waals surface area contributed by atoms with E-state index in [9.17, 15) is 9.59 Å². The zero-order valence-electron chi connectivity index (χ0n) is 22.7. The average Bonchev–Trinajstić information content (AvgIpc) is 3.64. The van der Waals surface area contributed by atoms with Crippen LogP contribution in [0.4, 0.5) is 5.69 Å². The van der Waals surface area contributed by atoms with Crippen LogP contribution in [-0.2, 0) is 22.7 Å². The van der Waals surface area contributed by atoms with Gasteiger partial charge in [0.25, 0.3) is 0 Å². The van der Waals surface area contributed by atoms with E-state index in [1.165, 1.54) is 0 Å². The van der Waals surface area contributed by atoms with Crippen molar-refractivity contribution in [2.45, 2.75) is 38.4 Å². The quantitative estimate of drug-likeness (QED) is 0.303. The van der Waals surface area contributed by atoms with Crippen LogP contribution in [0.2, 0.25) is 0 Å². The maximum atomic E-state index is 14.2. The third-order valence-electron chi connectivity index (χ3n) is 7.54. The number of rotatable bonds is 9. The average molecular weight is 554 g/mol. The van der Waals surface area contributed by atoms with Crippen LogP contribution in [0.25, 0.3) is 11.0 Å². The first-order valence-electron chi connectivity index (χ1n) is 13.6. The zero-order valence-corrected chi connectivity index (χ0v) is 22.7. The lowest BCUT2D eigenvalue weighted by atomic mass is 9.85. The van der Waals surface area contributed by atoms with E-state index in [1.807, 2.05) is 48.5 Å². The second-order valence-corrected chi connectivity index (χ2v) is 10.2. The standard InChI is InChI=1S/C31H31N5O5/c1-39-24-14-11-21(12-15-24)18-35(29(37)19-36-26-10-6-5-9-25(26)33-34-36)30(22-7-3-2-4-8-22)31(38)32-23-13-16-27-28(17-23)41-20-40-27/h2-3,5-6,9-17,22,30H,4,7-8,18-20H2,1H3,(H,32,38)/t22-,30-/m0/s1. The molecule has 0 saturated carbocycles. The first-order chi connectivity index (χ1) is 20.1. The largest absolute Gasteiger partial charge is 0.497 e. The van der Waals surface area contributed by atoms with Crippen molar-refractivity contribution in [3.63, 3.8) is 0 Å². The van der Waals surface area contributed by atoms with Gasteiger partial charge < -0.3 is 24.4 Å². The Labute approximate surface area is 237 Å². The molecule has 3 aromatic carbocycles. The number of ether oxygens (including phenoxy) is 3. The van der Waals surface area contributed by atoms with Crippen molar-refractivity contribution in [1.29, 1.82) is 0 Å². The van der Waals surface area contributed by atoms with E-state index < -0.39 is 6.04 Å². The van der Waals surface area contributed by atoms with Gasteiger partial charge >= 0.3 is 0 Å². The zero-order chi connectivity index (χ0) is 28.2. The Hall–Kier alpha value is -4.86. The summed E-state index contributed by atoms with van der Waals surface area (Å²) in [6.07, 6.45) is 6.54. The molecule has 2 amide bonds. The second kappa shape index (κ2) is 11.7. The summed E-state index contributed by atoms with van der Waals surface area (Å²) in [5.74, 6) is 1.38. The number of fused-ring (bicyclic) bond motifs is 2. The first kappa shape index (κ1) is 26.4. The number of amides is 2. The van der Waals surface area contributed by atoms with Crippen molar-refractivity contribution < 1.29 is 23.8 Å². The Morgan fingerprint density at radius 2 is 1.90 bits per heavy atom. The SMILES string of the molecule is COc1ccc(CN(C(=O)Cn2nnc3ccccc32)[C@H](C(=O)Nc2ccc3c(c2)OCO3)[C@H]2CC=CCC2)cc1. The predicted molar refractivity (Wildman–Crippen MR) is 153 cm³/mol. The molecule has 4 aromatic rings. The van der Waals surface area contributed by atoms with Crippen molar-refractivity contribution in [3.8, 4) is 17.2 Å². The van der Waals surface area contributed by atoms with Gasteiger partial charge in [-0.05, 0) is 67.1 Å². The van der Waals surface area contributed by atoms with Gasteiger partial charge in [-0.2, -0.15) is 0 Å². The molecule has 0 radical (unpaired) electrons. The van der Waals surface area contributed by atoms with Crippen LogP contribution in [0, 0.1) is 5.92 Å². The molecule has 6 rings (SSSR count). The van der Waals surface area contributed by atoms with Gasteiger partial charge in [0.2, 0.25) is 18.6 Å². The molecule has 10 heteroatoms. The van der Waals surface area contributed by atoms with Crippen LogP contribution in [0.15, 0.2) is 78.9 Å². The molecule has 2 atom stereocenters. The maximum absolute atomic E-state index is 14.2. The summed E-state index contributed by atoms with van der Waals surface area (Å²) >= 11 is 0. The summed E-state index contributed by atoms with van der Waals surface area (Å²) in [5, 5.41) is 11.5. The van der Waals surface area contributed by atoms with Gasteiger partial charge in [-0.3, -0.25) is 9.59 Å². The number of hydrogen-bond acceptors (Lipinski definition) is 7. The number of para-hydroxylation sites is 1. The van der Waals surface area contributed by atoms with Crippen molar-refractivity contribution in [3.05, 3.63) is 84.4 Å². The molecule has 0 saturated heterocycles. The fourth-order valence-electron chi connectivity index (χ4n) is 5.43. The van der Waals surface area contributed by atoms with E-state index in [0.717, 1.165) is 29.7 Å². The number of methoxy groups -OCH3 is 1. The Balaban J connectivity index is 1.34. The molecule has 1 aliphatic carbocycles. The molecular formula is C31H31N5O5. The number of nitrogens with zero attached hydrogens (tertiary/aromatic N) is 4. The van der Waals surface area contributed by atoms with Gasteiger partial charge in [0.15, 0.2) is 11.5 Å². The number of anilines is 1. The highest BCUT2D eigenvalue weighted by Crippen LogP contribution is 2.35. The van der Waals surface area contributed by atoms with E-state index in [4.69, 9.17) is 14.2 Å². The first-order valence-corrected chi connectivity index (χ1v) is 13.6. The third kappa shape index (κ3) is 5.72. The lowest BCUT2D eigenvalue weighted by Gasteiger charge is -2.37. The molecule has 0 fully saturated rings. The molecule has 210 valence electrons. The minimum atomic E-state index is -0.727. The van der Waals surface area contributed by atoms with Crippen LogP contribution < -0.4 is 19.5 Å². The highest BCUT2D eigenvalue weighted by Gasteiger charge is 2.37. The summed E-state index contributed by atoms with van der Waals surface area (Å²) in [6.45, 7) is 0.340. The number of aromatic nitrogens is 3. The number of carbonyl (C=O) groups is 2. The fraction of sp³-hybridized carbons (Fsp3) is 0.290. The van der Waals surface area contributed by atoms with Gasteiger partial charge in [0, 0.05) is 18.3 Å². The predicted octanol–water partition coefficient (Wildman–Crippen LogP) is 4.56. The number of benzene rings is 3. The van der Waals surface area contributed by atoms with Crippen molar-refractivity contribution in [1.82, 2.24) is 19.9 Å². The topological polar surface area (TPSA) is 108 Å². The highest BCUT2D eigenvalue weighted by atomic mass is 16.7. The van der Waals surface area contributed by atoms with E-state index in [2.05, 4.69) is 27.8 Å². The van der Waals surface area contributed by atoms with Gasteiger partial charge in [-0.25, -0.2) is 4.68 Å². The Bertz CT molecular complexity index is 1580. The third-order valence-corrected chi connectivity index (χ3v) is 7.54. The molecule has 10 nitrogen and oxygen atoms in total. The molecular weight excluding hydrogens is 522 g/mol. The molecule has 1 N–H and O–H groups in total. The molecule has 0 spiro atoms. The lowest BCUT2D eigenvalue weighted by Crippen LogP contribution is -2.52. The number of allylic oxidation sites excluding steroid dienone is 2. The molecule has 0 unspecified atom stereocenters. The Kier molecular flexibility index (Phi) is 7.53. The highest BCUT2D eigenvalue weighted by molar-refractivity contribution is 5.98. The smallest absolute Gasteiger partial charge is 0.247 e. The summed E-state index contributed by atoms with van der Waals surface area (Å²) in [6, 6.07) is 19.6. The minimum absolute atomic E-state index is 0.0486. The summed E-state index contributed by atoms with van der Waals surface area (Å²) in [5.41, 5.74) is 2.92. The normalized spacial score (nSPS) is 16.4. The van der Waals surface area contributed by atoms with E-state index in [-0.39, 0.29) is 37.6 Å². The van der Waals surface area contributed by atoms with Crippen molar-refractivity contribution in [2.75, 3.05) is 19.2 Å². The van der Waals surface area contributed by atoms with Gasteiger partial charge in [-0.1, -0.05) is 41.6 Å². The van der Waals surface area contributed by atoms with Gasteiger partial charge in [-0.15, -0.1) is 5.10 Å². The Morgan fingerprint density at radius 3 is 2.71 bits per heavy atom. The summed E-state index contributed by atoms with van der Waals surface area (Å²) in [7, 11) is 1.61. The van der Waals surface area contributed by atoms with Crippen molar-refractivity contribution >= 4 is 28.5 Å². The van der Waals surface area contributed by atoms with E-state index in [1.54, 1.807) is 34.9 Å². The molecule has 2 aliphatic rings. The second-order valence-electron chi connectivity index (χ2n) is 10.2. The van der Waals surface area contributed by atoms with Crippen LogP contribution in [0.5, 0.6) is 17.2 Å².